The zero-order chi connectivity index (χ0) is 12.0. The van der Waals surface area contributed by atoms with Crippen molar-refractivity contribution in [2.75, 3.05) is 20.2 Å². The molecule has 1 aliphatic carbocycles. The van der Waals surface area contributed by atoms with Gasteiger partial charge in [-0.2, -0.15) is 0 Å². The van der Waals surface area contributed by atoms with Gasteiger partial charge in [0.1, 0.15) is 0 Å². The third kappa shape index (κ3) is 4.12. The Morgan fingerprint density at radius 2 is 1.94 bits per heavy atom. The van der Waals surface area contributed by atoms with Crippen LogP contribution in [0.4, 0.5) is 0 Å². The molecule has 3 nitrogen and oxygen atoms in total. The van der Waals surface area contributed by atoms with Crippen molar-refractivity contribution in [1.82, 2.24) is 4.90 Å². The first-order valence-electron chi connectivity index (χ1n) is 6.48. The molecule has 0 unspecified atom stereocenters. The number of hydrogen-bond donors (Lipinski definition) is 0. The van der Waals surface area contributed by atoms with E-state index in [0.717, 1.165) is 18.9 Å². The maximum absolute atomic E-state index is 11.3. The molecule has 0 atom stereocenters. The van der Waals surface area contributed by atoms with E-state index < -0.39 is 0 Å². The van der Waals surface area contributed by atoms with Gasteiger partial charge >= 0.3 is 5.97 Å². The number of hydrogen-bond acceptors (Lipinski definition) is 3. The molecular weight excluding hydrogens is 202 g/mol. The summed E-state index contributed by atoms with van der Waals surface area (Å²) in [5, 5.41) is 0. The molecule has 3 heteroatoms. The van der Waals surface area contributed by atoms with Gasteiger partial charge in [0.2, 0.25) is 0 Å². The van der Waals surface area contributed by atoms with Gasteiger partial charge in [-0.25, -0.2) is 0 Å². The predicted octanol–water partition coefficient (Wildman–Crippen LogP) is 2.45. The fourth-order valence-electron chi connectivity index (χ4n) is 2.52. The maximum Gasteiger partial charge on any atom is 0.319 e. The smallest absolute Gasteiger partial charge is 0.319 e. The number of carbonyl (C=O) groups excluding carboxylic acids is 1. The van der Waals surface area contributed by atoms with Crippen LogP contribution >= 0.6 is 0 Å². The highest BCUT2D eigenvalue weighted by molar-refractivity contribution is 5.71. The topological polar surface area (TPSA) is 29.5 Å². The molecule has 0 aromatic rings. The van der Waals surface area contributed by atoms with E-state index in [0.29, 0.717) is 12.6 Å². The third-order valence-corrected chi connectivity index (χ3v) is 3.57. The van der Waals surface area contributed by atoms with Crippen LogP contribution in [0, 0.1) is 5.92 Å². The second kappa shape index (κ2) is 6.89. The third-order valence-electron chi connectivity index (χ3n) is 3.57. The van der Waals surface area contributed by atoms with Gasteiger partial charge in [0.25, 0.3) is 0 Å². The molecular formula is C13H25NO2. The minimum absolute atomic E-state index is 0.105. The molecule has 16 heavy (non-hydrogen) atoms. The van der Waals surface area contributed by atoms with Crippen molar-refractivity contribution in [2.24, 2.45) is 5.92 Å². The first kappa shape index (κ1) is 13.5. The van der Waals surface area contributed by atoms with E-state index in [1.54, 1.807) is 0 Å². The van der Waals surface area contributed by atoms with Gasteiger partial charge in [-0.3, -0.25) is 9.69 Å². The zero-order valence-corrected chi connectivity index (χ0v) is 10.9. The number of rotatable bonds is 5. The van der Waals surface area contributed by atoms with Crippen molar-refractivity contribution in [3.05, 3.63) is 0 Å². The van der Waals surface area contributed by atoms with Crippen molar-refractivity contribution in [2.45, 2.75) is 52.0 Å². The zero-order valence-electron chi connectivity index (χ0n) is 10.9. The van der Waals surface area contributed by atoms with Gasteiger partial charge in [-0.05, 0) is 44.6 Å². The van der Waals surface area contributed by atoms with Gasteiger partial charge in [-0.15, -0.1) is 0 Å². The van der Waals surface area contributed by atoms with Gasteiger partial charge in [-0.1, -0.05) is 13.8 Å². The quantitative estimate of drug-likeness (QED) is 0.676. The summed E-state index contributed by atoms with van der Waals surface area (Å²) in [4.78, 5) is 13.6. The lowest BCUT2D eigenvalue weighted by Gasteiger charge is -2.35. The molecule has 0 saturated heterocycles. The highest BCUT2D eigenvalue weighted by atomic mass is 16.5. The van der Waals surface area contributed by atoms with Crippen LogP contribution in [0.1, 0.15) is 46.0 Å². The molecule has 0 spiro atoms. The minimum atomic E-state index is -0.105. The van der Waals surface area contributed by atoms with Crippen LogP contribution in [-0.2, 0) is 9.53 Å². The Bertz CT molecular complexity index is 210. The minimum Gasteiger partial charge on any atom is -0.468 e. The van der Waals surface area contributed by atoms with Gasteiger partial charge in [0.05, 0.1) is 13.7 Å². The van der Waals surface area contributed by atoms with E-state index in [4.69, 9.17) is 4.74 Å². The summed E-state index contributed by atoms with van der Waals surface area (Å²) in [6.45, 7) is 5.95. The molecule has 0 N–H and O–H groups in total. The predicted molar refractivity (Wildman–Crippen MR) is 65.3 cm³/mol. The van der Waals surface area contributed by atoms with E-state index in [1.807, 2.05) is 0 Å². The van der Waals surface area contributed by atoms with Crippen LogP contribution in [0.25, 0.3) is 0 Å². The van der Waals surface area contributed by atoms with Crippen LogP contribution in [0.15, 0.2) is 0 Å². The summed E-state index contributed by atoms with van der Waals surface area (Å²) in [5.74, 6) is 0.755. The molecule has 1 saturated carbocycles. The molecule has 0 aromatic carbocycles. The highest BCUT2D eigenvalue weighted by Gasteiger charge is 2.24. The number of nitrogens with zero attached hydrogens (tertiary/aromatic N) is 1. The van der Waals surface area contributed by atoms with E-state index in [9.17, 15) is 4.79 Å². The first-order valence-corrected chi connectivity index (χ1v) is 6.48. The number of carbonyl (C=O) groups is 1. The molecule has 0 bridgehead atoms. The molecule has 94 valence electrons. The Kier molecular flexibility index (Phi) is 5.81. The molecule has 0 radical (unpaired) electrons. The first-order chi connectivity index (χ1) is 7.67. The largest absolute Gasteiger partial charge is 0.468 e. The SMILES string of the molecule is CCCN(CC(=O)OC)C1CCC(C)CC1. The summed E-state index contributed by atoms with van der Waals surface area (Å²) in [7, 11) is 1.47. The van der Waals surface area contributed by atoms with E-state index in [1.165, 1.54) is 32.8 Å². The van der Waals surface area contributed by atoms with Crippen LogP contribution in [0.2, 0.25) is 0 Å². The van der Waals surface area contributed by atoms with Gasteiger partial charge in [0.15, 0.2) is 0 Å². The summed E-state index contributed by atoms with van der Waals surface area (Å²) in [6, 6.07) is 0.593. The summed E-state index contributed by atoms with van der Waals surface area (Å²) in [5.41, 5.74) is 0. The van der Waals surface area contributed by atoms with Crippen molar-refractivity contribution in [1.29, 1.82) is 0 Å². The Hall–Kier alpha value is -0.570. The lowest BCUT2D eigenvalue weighted by molar-refractivity contribution is -0.142. The second-order valence-corrected chi connectivity index (χ2v) is 4.96. The van der Waals surface area contributed by atoms with Crippen molar-refractivity contribution >= 4 is 5.97 Å². The Balaban J connectivity index is 2.45. The number of methoxy groups -OCH3 is 1. The van der Waals surface area contributed by atoms with Crippen molar-refractivity contribution in [3.8, 4) is 0 Å². The fourth-order valence-corrected chi connectivity index (χ4v) is 2.52. The average molecular weight is 227 g/mol. The molecule has 0 aromatic heterocycles. The molecule has 1 fully saturated rings. The second-order valence-electron chi connectivity index (χ2n) is 4.96. The van der Waals surface area contributed by atoms with Crippen molar-refractivity contribution < 1.29 is 9.53 Å². The Morgan fingerprint density at radius 1 is 1.31 bits per heavy atom. The highest BCUT2D eigenvalue weighted by Crippen LogP contribution is 2.27. The molecule has 0 aliphatic heterocycles. The summed E-state index contributed by atoms with van der Waals surface area (Å²) in [6.07, 6.45) is 6.16. The monoisotopic (exact) mass is 227 g/mol. The lowest BCUT2D eigenvalue weighted by Crippen LogP contribution is -2.41. The molecule has 0 heterocycles. The summed E-state index contributed by atoms with van der Waals surface area (Å²) >= 11 is 0. The lowest BCUT2D eigenvalue weighted by atomic mass is 9.86. The fraction of sp³-hybridized carbons (Fsp3) is 0.923. The van der Waals surface area contributed by atoms with Crippen LogP contribution in [0.5, 0.6) is 0 Å². The van der Waals surface area contributed by atoms with Gasteiger partial charge in [0, 0.05) is 6.04 Å². The maximum atomic E-state index is 11.3. The Morgan fingerprint density at radius 3 is 2.44 bits per heavy atom. The molecule has 0 amide bonds. The van der Waals surface area contributed by atoms with Crippen LogP contribution in [-0.4, -0.2) is 37.1 Å². The van der Waals surface area contributed by atoms with E-state index in [-0.39, 0.29) is 5.97 Å². The van der Waals surface area contributed by atoms with E-state index in [2.05, 4.69) is 18.7 Å². The van der Waals surface area contributed by atoms with E-state index >= 15 is 0 Å². The molecule has 1 aliphatic rings. The number of esters is 1. The normalized spacial score (nSPS) is 25.8. The number of ether oxygens (including phenoxy) is 1. The Labute approximate surface area is 99.1 Å². The van der Waals surface area contributed by atoms with Crippen LogP contribution < -0.4 is 0 Å². The van der Waals surface area contributed by atoms with Crippen LogP contribution in [0.3, 0.4) is 0 Å². The average Bonchev–Trinajstić information content (AvgIpc) is 2.29. The molecule has 1 rings (SSSR count). The summed E-state index contributed by atoms with van der Waals surface area (Å²) < 4.78 is 4.76. The standard InChI is InChI=1S/C13H25NO2/c1-4-9-14(10-13(15)16-3)12-7-5-11(2)6-8-12/h11-12H,4-10H2,1-3H3. The van der Waals surface area contributed by atoms with Gasteiger partial charge < -0.3 is 4.74 Å². The van der Waals surface area contributed by atoms with Crippen molar-refractivity contribution in [3.63, 3.8) is 0 Å².